The molecule has 0 atom stereocenters. The van der Waals surface area contributed by atoms with Crippen LogP contribution < -0.4 is 20.7 Å². The van der Waals surface area contributed by atoms with Crippen molar-refractivity contribution in [2.45, 2.75) is 0 Å². The molecule has 0 unspecified atom stereocenters. The summed E-state index contributed by atoms with van der Waals surface area (Å²) < 4.78 is 4.97. The summed E-state index contributed by atoms with van der Waals surface area (Å²) in [6.45, 7) is 0. The maximum absolute atomic E-state index is 2.87. The molecule has 0 aliphatic rings. The van der Waals surface area contributed by atoms with Gasteiger partial charge in [0.1, 0.15) is 0 Å². The zero-order chi connectivity index (χ0) is 41.7. The van der Waals surface area contributed by atoms with E-state index in [2.05, 4.69) is 264 Å². The van der Waals surface area contributed by atoms with Gasteiger partial charge in [-0.25, -0.2) is 0 Å². The van der Waals surface area contributed by atoms with Gasteiger partial charge in [-0.1, -0.05) is 206 Å². The number of hydrogen-bond donors (Lipinski definition) is 0. The first-order valence-corrected chi connectivity index (χ1v) is 23.8. The fourth-order valence-corrected chi connectivity index (χ4v) is 15.3. The third-order valence-electron chi connectivity index (χ3n) is 13.0. The van der Waals surface area contributed by atoms with E-state index in [1.54, 1.807) is 0 Å². The van der Waals surface area contributed by atoms with E-state index in [1.165, 1.54) is 86.6 Å². The Morgan fingerprint density at radius 2 is 0.730 bits per heavy atom. The van der Waals surface area contributed by atoms with Crippen LogP contribution in [0.25, 0.3) is 77.2 Å². The SMILES string of the molecule is c1ccc(-c2cccc(-n3c4ccc(-c5ccccc5)cc4c4ccc(-n5c6ccccc6c6c([Si](c7ccccc7)(c7ccccc7)c7ccccc7)cccc65)cc43)c2)cc1. The topological polar surface area (TPSA) is 9.86 Å². The summed E-state index contributed by atoms with van der Waals surface area (Å²) in [4.78, 5) is 0. The molecule has 63 heavy (non-hydrogen) atoms. The highest BCUT2D eigenvalue weighted by atomic mass is 28.3. The summed E-state index contributed by atoms with van der Waals surface area (Å²) >= 11 is 0. The van der Waals surface area contributed by atoms with E-state index in [1.807, 2.05) is 0 Å². The van der Waals surface area contributed by atoms with Gasteiger partial charge in [-0.05, 0) is 91.5 Å². The van der Waals surface area contributed by atoms with Crippen molar-refractivity contribution in [1.82, 2.24) is 9.13 Å². The minimum absolute atomic E-state index is 1.13. The van der Waals surface area contributed by atoms with E-state index in [4.69, 9.17) is 0 Å². The molecule has 0 fully saturated rings. The predicted molar refractivity (Wildman–Crippen MR) is 270 cm³/mol. The molecule has 0 N–H and O–H groups in total. The zero-order valence-electron chi connectivity index (χ0n) is 34.6. The van der Waals surface area contributed by atoms with Crippen molar-refractivity contribution < 1.29 is 0 Å². The lowest BCUT2D eigenvalue weighted by Gasteiger charge is -2.35. The van der Waals surface area contributed by atoms with Gasteiger partial charge in [-0.2, -0.15) is 0 Å². The first-order valence-electron chi connectivity index (χ1n) is 21.8. The first kappa shape index (κ1) is 36.8. The number of hydrogen-bond acceptors (Lipinski definition) is 0. The van der Waals surface area contributed by atoms with E-state index in [0.29, 0.717) is 0 Å². The van der Waals surface area contributed by atoms with Crippen molar-refractivity contribution in [1.29, 1.82) is 0 Å². The number of fused-ring (bicyclic) bond motifs is 6. The Kier molecular flexibility index (Phi) is 8.87. The van der Waals surface area contributed by atoms with E-state index < -0.39 is 8.07 Å². The van der Waals surface area contributed by atoms with Gasteiger partial charge in [0.2, 0.25) is 0 Å². The Balaban J connectivity index is 1.15. The summed E-state index contributed by atoms with van der Waals surface area (Å²) in [6.07, 6.45) is 0. The highest BCUT2D eigenvalue weighted by molar-refractivity contribution is 7.20. The van der Waals surface area contributed by atoms with Crippen LogP contribution in [-0.2, 0) is 0 Å². The van der Waals surface area contributed by atoms with E-state index in [9.17, 15) is 0 Å². The average molecular weight is 819 g/mol. The van der Waals surface area contributed by atoms with Crippen molar-refractivity contribution in [3.05, 3.63) is 255 Å². The molecule has 3 heteroatoms. The van der Waals surface area contributed by atoms with Gasteiger partial charge in [0.25, 0.3) is 0 Å². The fraction of sp³-hybridized carbons (Fsp3) is 0. The van der Waals surface area contributed by atoms with Crippen LogP contribution in [0.15, 0.2) is 255 Å². The summed E-state index contributed by atoms with van der Waals surface area (Å²) in [5.74, 6) is 0. The van der Waals surface area contributed by atoms with Gasteiger partial charge >= 0.3 is 0 Å². The Morgan fingerprint density at radius 3 is 1.37 bits per heavy atom. The normalized spacial score (nSPS) is 11.8. The molecule has 0 saturated carbocycles. The van der Waals surface area contributed by atoms with Crippen LogP contribution in [-0.4, -0.2) is 17.2 Å². The quantitative estimate of drug-likeness (QED) is 0.107. The predicted octanol–water partition coefficient (Wildman–Crippen LogP) is 12.6. The molecule has 0 spiro atoms. The summed E-state index contributed by atoms with van der Waals surface area (Å²) in [5.41, 5.74) is 11.8. The first-order chi connectivity index (χ1) is 31.3. The maximum atomic E-state index is 2.51. The van der Waals surface area contributed by atoms with Gasteiger partial charge in [-0.15, -0.1) is 0 Å². The second-order valence-corrected chi connectivity index (χ2v) is 20.2. The third-order valence-corrected chi connectivity index (χ3v) is 17.9. The molecular formula is C60H42N2Si. The molecule has 0 aliphatic carbocycles. The maximum Gasteiger partial charge on any atom is 0.180 e. The van der Waals surface area contributed by atoms with Crippen LogP contribution in [0.3, 0.4) is 0 Å². The minimum atomic E-state index is -2.87. The molecule has 0 amide bonds. The van der Waals surface area contributed by atoms with Crippen LogP contribution in [0.2, 0.25) is 0 Å². The number of nitrogens with zero attached hydrogens (tertiary/aromatic N) is 2. The molecule has 10 aromatic carbocycles. The lowest BCUT2D eigenvalue weighted by Crippen LogP contribution is -2.74. The van der Waals surface area contributed by atoms with Crippen molar-refractivity contribution in [2.24, 2.45) is 0 Å². The monoisotopic (exact) mass is 818 g/mol. The van der Waals surface area contributed by atoms with Crippen LogP contribution >= 0.6 is 0 Å². The Bertz CT molecular complexity index is 3500. The second kappa shape index (κ2) is 15.2. The van der Waals surface area contributed by atoms with Gasteiger partial charge in [0, 0.05) is 32.9 Å². The molecule has 2 aromatic heterocycles. The molecule has 0 radical (unpaired) electrons. The van der Waals surface area contributed by atoms with Gasteiger partial charge in [-0.3, -0.25) is 0 Å². The smallest absolute Gasteiger partial charge is 0.180 e. The summed E-state index contributed by atoms with van der Waals surface area (Å²) in [7, 11) is -2.87. The van der Waals surface area contributed by atoms with Crippen LogP contribution in [0.4, 0.5) is 0 Å². The largest absolute Gasteiger partial charge is 0.309 e. The zero-order valence-corrected chi connectivity index (χ0v) is 35.6. The van der Waals surface area contributed by atoms with Gasteiger partial charge < -0.3 is 9.13 Å². The highest BCUT2D eigenvalue weighted by Crippen LogP contribution is 2.39. The molecule has 2 nitrogen and oxygen atoms in total. The molecular weight excluding hydrogens is 777 g/mol. The second-order valence-electron chi connectivity index (χ2n) is 16.5. The third kappa shape index (κ3) is 5.93. The summed E-state index contributed by atoms with van der Waals surface area (Å²) in [5, 5.41) is 10.5. The molecule has 0 saturated heterocycles. The fourth-order valence-electron chi connectivity index (χ4n) is 10.3. The Morgan fingerprint density at radius 1 is 0.254 bits per heavy atom. The van der Waals surface area contributed by atoms with E-state index in [0.717, 1.165) is 11.4 Å². The molecule has 2 heterocycles. The average Bonchev–Trinajstić information content (AvgIpc) is 3.88. The Hall–Kier alpha value is -7.98. The molecule has 0 bridgehead atoms. The van der Waals surface area contributed by atoms with Crippen LogP contribution in [0.1, 0.15) is 0 Å². The lowest BCUT2D eigenvalue weighted by molar-refractivity contribution is 1.15. The number of rotatable bonds is 8. The van der Waals surface area contributed by atoms with Crippen LogP contribution in [0, 0.1) is 0 Å². The lowest BCUT2D eigenvalue weighted by atomic mass is 10.0. The van der Waals surface area contributed by atoms with Crippen molar-refractivity contribution in [3.63, 3.8) is 0 Å². The molecule has 12 rings (SSSR count). The minimum Gasteiger partial charge on any atom is -0.309 e. The standard InChI is InChI=1S/C60H42N2Si/c1-6-20-43(21-7-1)45-24-18-25-47(40-45)62-56-39-36-46(44-22-8-2-9-23-44)41-54(56)52-38-37-48(42-58(52)62)61-55-33-17-16-32-53(55)60-57(61)34-19-35-59(60)63(49-26-10-3-11-27-49,50-28-12-4-13-29-50)51-30-14-5-15-31-51/h1-42H. The van der Waals surface area contributed by atoms with Gasteiger partial charge in [0.15, 0.2) is 8.07 Å². The number of aromatic nitrogens is 2. The Labute approximate surface area is 368 Å². The van der Waals surface area contributed by atoms with Crippen molar-refractivity contribution in [2.75, 3.05) is 0 Å². The van der Waals surface area contributed by atoms with Crippen LogP contribution in [0.5, 0.6) is 0 Å². The molecule has 296 valence electrons. The summed E-state index contributed by atoms with van der Waals surface area (Å²) in [6, 6.07) is 94.3. The van der Waals surface area contributed by atoms with Gasteiger partial charge in [0.05, 0.1) is 22.1 Å². The number of para-hydroxylation sites is 1. The van der Waals surface area contributed by atoms with Crippen molar-refractivity contribution >= 4 is 72.4 Å². The van der Waals surface area contributed by atoms with E-state index >= 15 is 0 Å². The highest BCUT2D eigenvalue weighted by Gasteiger charge is 2.43. The molecule has 0 aliphatic heterocycles. The van der Waals surface area contributed by atoms with E-state index in [-0.39, 0.29) is 0 Å². The van der Waals surface area contributed by atoms with Crippen molar-refractivity contribution in [3.8, 4) is 33.6 Å². The molecule has 12 aromatic rings. The number of benzene rings is 10.